The topological polar surface area (TPSA) is 62.3 Å². The SMILES string of the molecule is CC(=O)c1ccc(Nc2cncc(C(=O)N3CCCCCC3)c2)cc1. The lowest BCUT2D eigenvalue weighted by molar-refractivity contribution is 0.0761. The highest BCUT2D eigenvalue weighted by molar-refractivity contribution is 5.95. The Morgan fingerprint density at radius 2 is 1.60 bits per heavy atom. The number of nitrogens with one attached hydrogen (secondary N) is 1. The van der Waals surface area contributed by atoms with Crippen LogP contribution in [-0.4, -0.2) is 34.7 Å². The third kappa shape index (κ3) is 4.44. The number of amides is 1. The summed E-state index contributed by atoms with van der Waals surface area (Å²) in [5.41, 5.74) is 2.89. The van der Waals surface area contributed by atoms with Crippen LogP contribution in [0.1, 0.15) is 53.3 Å². The molecule has 25 heavy (non-hydrogen) atoms. The minimum Gasteiger partial charge on any atom is -0.354 e. The second-order valence-corrected chi connectivity index (χ2v) is 6.43. The van der Waals surface area contributed by atoms with Crippen LogP contribution in [0.3, 0.4) is 0 Å². The van der Waals surface area contributed by atoms with Crippen molar-refractivity contribution in [3.8, 4) is 0 Å². The van der Waals surface area contributed by atoms with Crippen LogP contribution in [0.25, 0.3) is 0 Å². The Morgan fingerprint density at radius 3 is 2.24 bits per heavy atom. The van der Waals surface area contributed by atoms with Gasteiger partial charge in [0, 0.05) is 30.5 Å². The van der Waals surface area contributed by atoms with E-state index >= 15 is 0 Å². The summed E-state index contributed by atoms with van der Waals surface area (Å²) < 4.78 is 0. The molecular formula is C20H23N3O2. The van der Waals surface area contributed by atoms with Crippen molar-refractivity contribution in [2.45, 2.75) is 32.6 Å². The molecule has 0 spiro atoms. The van der Waals surface area contributed by atoms with Crippen molar-refractivity contribution in [2.75, 3.05) is 18.4 Å². The molecule has 0 bridgehead atoms. The molecule has 1 aromatic carbocycles. The first-order chi connectivity index (χ1) is 12.1. The maximum absolute atomic E-state index is 12.7. The van der Waals surface area contributed by atoms with Crippen molar-refractivity contribution in [1.29, 1.82) is 0 Å². The molecule has 0 unspecified atom stereocenters. The maximum Gasteiger partial charge on any atom is 0.255 e. The van der Waals surface area contributed by atoms with E-state index in [0.29, 0.717) is 11.1 Å². The molecule has 3 rings (SSSR count). The smallest absolute Gasteiger partial charge is 0.255 e. The van der Waals surface area contributed by atoms with Crippen molar-refractivity contribution in [3.05, 3.63) is 53.9 Å². The number of hydrogen-bond acceptors (Lipinski definition) is 4. The van der Waals surface area contributed by atoms with E-state index in [9.17, 15) is 9.59 Å². The maximum atomic E-state index is 12.7. The number of pyridine rings is 1. The van der Waals surface area contributed by atoms with Crippen molar-refractivity contribution in [1.82, 2.24) is 9.88 Å². The predicted molar refractivity (Wildman–Crippen MR) is 98.3 cm³/mol. The molecular weight excluding hydrogens is 314 g/mol. The lowest BCUT2D eigenvalue weighted by atomic mass is 10.1. The fraction of sp³-hybridized carbons (Fsp3) is 0.350. The van der Waals surface area contributed by atoms with Crippen molar-refractivity contribution in [3.63, 3.8) is 0 Å². The summed E-state index contributed by atoms with van der Waals surface area (Å²) >= 11 is 0. The number of benzene rings is 1. The van der Waals surface area contributed by atoms with Gasteiger partial charge in [0.1, 0.15) is 0 Å². The largest absolute Gasteiger partial charge is 0.354 e. The van der Waals surface area contributed by atoms with Crippen molar-refractivity contribution in [2.24, 2.45) is 0 Å². The van der Waals surface area contributed by atoms with Gasteiger partial charge in [-0.25, -0.2) is 0 Å². The summed E-state index contributed by atoms with van der Waals surface area (Å²) in [5.74, 6) is 0.0863. The van der Waals surface area contributed by atoms with E-state index in [1.165, 1.54) is 12.8 Å². The summed E-state index contributed by atoms with van der Waals surface area (Å²) in [5, 5.41) is 3.24. The zero-order chi connectivity index (χ0) is 17.6. The molecule has 1 aromatic heterocycles. The molecule has 1 aliphatic heterocycles. The number of hydrogen-bond donors (Lipinski definition) is 1. The molecule has 2 heterocycles. The first kappa shape index (κ1) is 17.1. The van der Waals surface area contributed by atoms with E-state index in [1.807, 2.05) is 23.1 Å². The molecule has 1 N–H and O–H groups in total. The molecule has 1 fully saturated rings. The lowest BCUT2D eigenvalue weighted by Gasteiger charge is -2.20. The normalized spacial score (nSPS) is 14.7. The van der Waals surface area contributed by atoms with Crippen LogP contribution in [0, 0.1) is 0 Å². The van der Waals surface area contributed by atoms with E-state index in [1.54, 1.807) is 31.5 Å². The highest BCUT2D eigenvalue weighted by Gasteiger charge is 2.17. The monoisotopic (exact) mass is 337 g/mol. The Balaban J connectivity index is 1.72. The van der Waals surface area contributed by atoms with Crippen LogP contribution < -0.4 is 5.32 Å². The Morgan fingerprint density at radius 1 is 0.920 bits per heavy atom. The minimum atomic E-state index is 0.0401. The summed E-state index contributed by atoms with van der Waals surface area (Å²) in [6, 6.07) is 9.09. The number of Topliss-reactive ketones (excluding diaryl/α,β-unsaturated/α-hetero) is 1. The van der Waals surface area contributed by atoms with Crippen LogP contribution >= 0.6 is 0 Å². The highest BCUT2D eigenvalue weighted by atomic mass is 16.2. The number of rotatable bonds is 4. The Hall–Kier alpha value is -2.69. The predicted octanol–water partition coefficient (Wildman–Crippen LogP) is 4.04. The Kier molecular flexibility index (Phi) is 5.43. The fourth-order valence-corrected chi connectivity index (χ4v) is 3.04. The third-order valence-electron chi connectivity index (χ3n) is 4.46. The molecule has 1 saturated heterocycles. The van der Waals surface area contributed by atoms with E-state index in [-0.39, 0.29) is 11.7 Å². The first-order valence-electron chi connectivity index (χ1n) is 8.76. The average molecular weight is 337 g/mol. The quantitative estimate of drug-likeness (QED) is 0.855. The van der Waals surface area contributed by atoms with Crippen LogP contribution in [0.15, 0.2) is 42.7 Å². The Bertz CT molecular complexity index is 748. The summed E-state index contributed by atoms with van der Waals surface area (Å²) in [6.07, 6.45) is 7.84. The molecule has 0 saturated carbocycles. The molecule has 5 nitrogen and oxygen atoms in total. The molecule has 0 aliphatic carbocycles. The van der Waals surface area contributed by atoms with E-state index in [4.69, 9.17) is 0 Å². The average Bonchev–Trinajstić information content (AvgIpc) is 2.91. The summed E-state index contributed by atoms with van der Waals surface area (Å²) in [4.78, 5) is 30.2. The second-order valence-electron chi connectivity index (χ2n) is 6.43. The van der Waals surface area contributed by atoms with Gasteiger partial charge in [-0.3, -0.25) is 14.6 Å². The van der Waals surface area contributed by atoms with Gasteiger partial charge in [-0.05, 0) is 50.1 Å². The van der Waals surface area contributed by atoms with Gasteiger partial charge >= 0.3 is 0 Å². The zero-order valence-electron chi connectivity index (χ0n) is 14.5. The fourth-order valence-electron chi connectivity index (χ4n) is 3.04. The van der Waals surface area contributed by atoms with Gasteiger partial charge in [0.05, 0.1) is 17.4 Å². The van der Waals surface area contributed by atoms with Gasteiger partial charge in [0.2, 0.25) is 0 Å². The number of carbonyl (C=O) groups excluding carboxylic acids is 2. The third-order valence-corrected chi connectivity index (χ3v) is 4.46. The van der Waals surface area contributed by atoms with Gasteiger partial charge in [-0.1, -0.05) is 12.8 Å². The molecule has 130 valence electrons. The van der Waals surface area contributed by atoms with E-state index < -0.39 is 0 Å². The van der Waals surface area contributed by atoms with Crippen LogP contribution in [-0.2, 0) is 0 Å². The van der Waals surface area contributed by atoms with Crippen molar-refractivity contribution >= 4 is 23.1 Å². The molecule has 0 radical (unpaired) electrons. The van der Waals surface area contributed by atoms with Crippen LogP contribution in [0.5, 0.6) is 0 Å². The van der Waals surface area contributed by atoms with Crippen molar-refractivity contribution < 1.29 is 9.59 Å². The van der Waals surface area contributed by atoms with E-state index in [2.05, 4.69) is 10.3 Å². The van der Waals surface area contributed by atoms with Gasteiger partial charge in [-0.2, -0.15) is 0 Å². The zero-order valence-corrected chi connectivity index (χ0v) is 14.5. The number of likely N-dealkylation sites (tertiary alicyclic amines) is 1. The highest BCUT2D eigenvalue weighted by Crippen LogP contribution is 2.19. The molecule has 1 aliphatic rings. The second kappa shape index (κ2) is 7.92. The Labute approximate surface area is 148 Å². The summed E-state index contributed by atoms with van der Waals surface area (Å²) in [7, 11) is 0. The van der Waals surface area contributed by atoms with Gasteiger partial charge in [-0.15, -0.1) is 0 Å². The minimum absolute atomic E-state index is 0.0401. The van der Waals surface area contributed by atoms with Gasteiger partial charge in [0.25, 0.3) is 5.91 Å². The van der Waals surface area contributed by atoms with Gasteiger partial charge < -0.3 is 10.2 Å². The molecule has 5 heteroatoms. The first-order valence-corrected chi connectivity index (χ1v) is 8.76. The number of anilines is 2. The molecule has 2 aromatic rings. The lowest BCUT2D eigenvalue weighted by Crippen LogP contribution is -2.31. The number of nitrogens with zero attached hydrogens (tertiary/aromatic N) is 2. The number of aromatic nitrogens is 1. The number of ketones is 1. The molecule has 0 atom stereocenters. The van der Waals surface area contributed by atoms with E-state index in [0.717, 1.165) is 37.3 Å². The molecule has 1 amide bonds. The van der Waals surface area contributed by atoms with Crippen LogP contribution in [0.4, 0.5) is 11.4 Å². The van der Waals surface area contributed by atoms with Gasteiger partial charge in [0.15, 0.2) is 5.78 Å². The number of carbonyl (C=O) groups is 2. The standard InChI is InChI=1S/C20H23N3O2/c1-15(24)16-6-8-18(9-7-16)22-19-12-17(13-21-14-19)20(25)23-10-4-2-3-5-11-23/h6-9,12-14,22H,2-5,10-11H2,1H3. The van der Waals surface area contributed by atoms with Crippen LogP contribution in [0.2, 0.25) is 0 Å². The summed E-state index contributed by atoms with van der Waals surface area (Å²) in [6.45, 7) is 3.19.